The molecule has 1 aromatic heterocycles. The number of rotatable bonds is 6. The number of carbonyl (C=O) groups excluding carboxylic acids is 1. The van der Waals surface area contributed by atoms with E-state index in [1.165, 1.54) is 0 Å². The number of nitrogens with one attached hydrogen (secondary N) is 2. The molecule has 5 nitrogen and oxygen atoms in total. The first kappa shape index (κ1) is 19.3. The summed E-state index contributed by atoms with van der Waals surface area (Å²) in [7, 11) is 0. The van der Waals surface area contributed by atoms with Crippen LogP contribution in [0.2, 0.25) is 5.02 Å². The van der Waals surface area contributed by atoms with Crippen LogP contribution in [0, 0.1) is 0 Å². The molecule has 2 aromatic rings. The Kier molecular flexibility index (Phi) is 6.48. The molecule has 1 aromatic carbocycles. The highest BCUT2D eigenvalue weighted by atomic mass is 35.5. The van der Waals surface area contributed by atoms with E-state index < -0.39 is 5.60 Å². The lowest BCUT2D eigenvalue weighted by Crippen LogP contribution is -2.33. The van der Waals surface area contributed by atoms with Gasteiger partial charge in [0.15, 0.2) is 0 Å². The molecule has 25 heavy (non-hydrogen) atoms. The summed E-state index contributed by atoms with van der Waals surface area (Å²) < 4.78 is 5.21. The Labute approximate surface area is 154 Å². The third-order valence-corrected chi connectivity index (χ3v) is 3.82. The fourth-order valence-corrected chi connectivity index (χ4v) is 2.66. The molecule has 0 bridgehead atoms. The summed E-state index contributed by atoms with van der Waals surface area (Å²) in [6.45, 7) is 8.27. The van der Waals surface area contributed by atoms with Crippen LogP contribution in [-0.2, 0) is 4.74 Å². The number of fused-ring (bicyclic) bond motifs is 1. The Morgan fingerprint density at radius 3 is 2.80 bits per heavy atom. The van der Waals surface area contributed by atoms with E-state index in [-0.39, 0.29) is 12.1 Å². The molecule has 0 saturated heterocycles. The van der Waals surface area contributed by atoms with Gasteiger partial charge in [0.2, 0.25) is 0 Å². The zero-order valence-corrected chi connectivity index (χ0v) is 16.0. The molecular formula is C19H26ClN3O2. The number of nitrogens with zero attached hydrogens (tertiary/aromatic N) is 1. The second kappa shape index (κ2) is 8.39. The number of anilines is 1. The molecule has 0 radical (unpaired) electrons. The van der Waals surface area contributed by atoms with E-state index in [1.807, 2.05) is 45.0 Å². The Morgan fingerprint density at radius 1 is 1.32 bits per heavy atom. The second-order valence-electron chi connectivity index (χ2n) is 7.14. The molecule has 0 aliphatic rings. The van der Waals surface area contributed by atoms with E-state index in [1.54, 1.807) is 6.20 Å². The van der Waals surface area contributed by atoms with Crippen molar-refractivity contribution in [2.75, 3.05) is 11.9 Å². The van der Waals surface area contributed by atoms with Crippen LogP contribution in [0.1, 0.15) is 40.5 Å². The normalized spacial score (nSPS) is 12.7. The molecular weight excluding hydrogens is 338 g/mol. The van der Waals surface area contributed by atoms with Gasteiger partial charge in [-0.2, -0.15) is 0 Å². The number of benzene rings is 1. The van der Waals surface area contributed by atoms with Gasteiger partial charge in [0.1, 0.15) is 5.60 Å². The fraction of sp³-hybridized carbons (Fsp3) is 0.474. The summed E-state index contributed by atoms with van der Waals surface area (Å²) in [5, 5.41) is 8.01. The van der Waals surface area contributed by atoms with Crippen molar-refractivity contribution in [3.05, 3.63) is 35.5 Å². The van der Waals surface area contributed by atoms with Crippen molar-refractivity contribution in [3.63, 3.8) is 0 Å². The third-order valence-electron chi connectivity index (χ3n) is 3.59. The number of halogens is 1. The average Bonchev–Trinajstić information content (AvgIpc) is 2.50. The number of pyridine rings is 1. The van der Waals surface area contributed by atoms with Crippen LogP contribution < -0.4 is 10.6 Å². The lowest BCUT2D eigenvalue weighted by atomic mass is 10.1. The highest BCUT2D eigenvalue weighted by molar-refractivity contribution is 6.31. The summed E-state index contributed by atoms with van der Waals surface area (Å²) in [4.78, 5) is 15.9. The van der Waals surface area contributed by atoms with Crippen molar-refractivity contribution in [2.45, 2.75) is 52.2 Å². The maximum atomic E-state index is 11.6. The van der Waals surface area contributed by atoms with Crippen molar-refractivity contribution < 1.29 is 9.53 Å². The van der Waals surface area contributed by atoms with Crippen LogP contribution in [0.5, 0.6) is 0 Å². The van der Waals surface area contributed by atoms with Gasteiger partial charge >= 0.3 is 6.09 Å². The van der Waals surface area contributed by atoms with Gasteiger partial charge in [-0.1, -0.05) is 11.6 Å². The van der Waals surface area contributed by atoms with Crippen LogP contribution in [0.25, 0.3) is 10.9 Å². The first-order chi connectivity index (χ1) is 11.7. The minimum Gasteiger partial charge on any atom is -0.444 e. The molecule has 0 spiro atoms. The minimum absolute atomic E-state index is 0.265. The van der Waals surface area contributed by atoms with E-state index in [4.69, 9.17) is 16.3 Å². The highest BCUT2D eigenvalue weighted by Gasteiger charge is 2.15. The SMILES string of the molecule is CC(CCCNC(=O)OC(C)(C)C)Nc1ccnc2cc(Cl)ccc12. The summed E-state index contributed by atoms with van der Waals surface area (Å²) in [6, 6.07) is 7.93. The van der Waals surface area contributed by atoms with Crippen LogP contribution in [-0.4, -0.2) is 29.3 Å². The molecule has 0 aliphatic carbocycles. The van der Waals surface area contributed by atoms with Gasteiger partial charge in [0, 0.05) is 34.9 Å². The van der Waals surface area contributed by atoms with Gasteiger partial charge in [-0.05, 0) is 64.8 Å². The number of amides is 1. The van der Waals surface area contributed by atoms with E-state index in [2.05, 4.69) is 22.5 Å². The number of hydrogen-bond acceptors (Lipinski definition) is 4. The highest BCUT2D eigenvalue weighted by Crippen LogP contribution is 2.25. The number of aromatic nitrogens is 1. The van der Waals surface area contributed by atoms with E-state index >= 15 is 0 Å². The summed E-state index contributed by atoms with van der Waals surface area (Å²) in [5.41, 5.74) is 1.44. The number of ether oxygens (including phenoxy) is 1. The topological polar surface area (TPSA) is 63.2 Å². The van der Waals surface area contributed by atoms with Crippen molar-refractivity contribution >= 4 is 34.3 Å². The molecule has 0 fully saturated rings. The Bertz CT molecular complexity index is 728. The third kappa shape index (κ3) is 6.42. The standard InChI is InChI=1S/C19H26ClN3O2/c1-13(6-5-10-22-18(24)25-19(2,3)4)23-16-9-11-21-17-12-14(20)7-8-15(16)17/h7-9,11-13H,5-6,10H2,1-4H3,(H,21,23)(H,22,24). The van der Waals surface area contributed by atoms with Crippen LogP contribution in [0.4, 0.5) is 10.5 Å². The summed E-state index contributed by atoms with van der Waals surface area (Å²) in [6.07, 6.45) is 3.19. The van der Waals surface area contributed by atoms with E-state index in [0.29, 0.717) is 11.6 Å². The summed E-state index contributed by atoms with van der Waals surface area (Å²) >= 11 is 6.02. The predicted octanol–water partition coefficient (Wildman–Crippen LogP) is 4.99. The predicted molar refractivity (Wildman–Crippen MR) is 103 cm³/mol. The number of carbonyl (C=O) groups is 1. The maximum Gasteiger partial charge on any atom is 0.407 e. The second-order valence-corrected chi connectivity index (χ2v) is 7.57. The average molecular weight is 364 g/mol. The zero-order valence-electron chi connectivity index (χ0n) is 15.2. The van der Waals surface area contributed by atoms with E-state index in [9.17, 15) is 4.79 Å². The van der Waals surface area contributed by atoms with E-state index in [0.717, 1.165) is 29.4 Å². The van der Waals surface area contributed by atoms with Gasteiger partial charge in [-0.25, -0.2) is 4.79 Å². The molecule has 1 unspecified atom stereocenters. The number of hydrogen-bond donors (Lipinski definition) is 2. The Morgan fingerprint density at radius 2 is 2.08 bits per heavy atom. The van der Waals surface area contributed by atoms with Crippen LogP contribution >= 0.6 is 11.6 Å². The van der Waals surface area contributed by atoms with Crippen LogP contribution in [0.3, 0.4) is 0 Å². The van der Waals surface area contributed by atoms with Crippen molar-refractivity contribution in [1.82, 2.24) is 10.3 Å². The Balaban J connectivity index is 1.81. The number of alkyl carbamates (subject to hydrolysis) is 1. The minimum atomic E-state index is -0.468. The molecule has 136 valence electrons. The molecule has 2 rings (SSSR count). The molecule has 1 heterocycles. The van der Waals surface area contributed by atoms with Crippen molar-refractivity contribution in [3.8, 4) is 0 Å². The van der Waals surface area contributed by atoms with Gasteiger partial charge in [-0.15, -0.1) is 0 Å². The molecule has 1 atom stereocenters. The largest absolute Gasteiger partial charge is 0.444 e. The Hall–Kier alpha value is -2.01. The lowest BCUT2D eigenvalue weighted by molar-refractivity contribution is 0.0527. The van der Waals surface area contributed by atoms with Crippen molar-refractivity contribution in [2.24, 2.45) is 0 Å². The molecule has 0 aliphatic heterocycles. The lowest BCUT2D eigenvalue weighted by Gasteiger charge is -2.20. The van der Waals surface area contributed by atoms with Crippen LogP contribution in [0.15, 0.2) is 30.5 Å². The monoisotopic (exact) mass is 363 g/mol. The molecule has 1 amide bonds. The van der Waals surface area contributed by atoms with Gasteiger partial charge in [0.05, 0.1) is 5.52 Å². The first-order valence-electron chi connectivity index (χ1n) is 8.52. The molecule has 2 N–H and O–H groups in total. The zero-order chi connectivity index (χ0) is 18.4. The smallest absolute Gasteiger partial charge is 0.407 e. The van der Waals surface area contributed by atoms with Gasteiger partial charge < -0.3 is 15.4 Å². The quantitative estimate of drug-likeness (QED) is 0.709. The molecule has 0 saturated carbocycles. The maximum absolute atomic E-state index is 11.6. The van der Waals surface area contributed by atoms with Gasteiger partial charge in [0.25, 0.3) is 0 Å². The van der Waals surface area contributed by atoms with Gasteiger partial charge in [-0.3, -0.25) is 4.98 Å². The molecule has 6 heteroatoms. The van der Waals surface area contributed by atoms with Crippen molar-refractivity contribution in [1.29, 1.82) is 0 Å². The summed E-state index contributed by atoms with van der Waals surface area (Å²) in [5.74, 6) is 0. The first-order valence-corrected chi connectivity index (χ1v) is 8.90. The fourth-order valence-electron chi connectivity index (χ4n) is 2.50.